The highest BCUT2D eigenvalue weighted by Crippen LogP contribution is 2.39. The summed E-state index contributed by atoms with van der Waals surface area (Å²) in [7, 11) is 0. The highest BCUT2D eigenvalue weighted by atomic mass is 35.5. The maximum absolute atomic E-state index is 12.9. The van der Waals surface area contributed by atoms with Crippen LogP contribution in [-0.2, 0) is 20.9 Å². The van der Waals surface area contributed by atoms with Gasteiger partial charge in [-0.1, -0.05) is 23.7 Å². The van der Waals surface area contributed by atoms with Crippen molar-refractivity contribution in [1.29, 1.82) is 0 Å². The van der Waals surface area contributed by atoms with E-state index in [0.717, 1.165) is 22.2 Å². The second-order valence-corrected chi connectivity index (χ2v) is 9.72. The van der Waals surface area contributed by atoms with E-state index in [2.05, 4.69) is 0 Å². The predicted octanol–water partition coefficient (Wildman–Crippen LogP) is 3.91. The standard InChI is InChI=1S/C26H25ClN2O8S/c1-2-36-20-12-17(11-19(27)23(20)37-15-16-3-5-18(6-4-16)25(32)33)13-21-24(31)29(26(34)38-21)14-22(30)28-7-9-35-10-8-28/h3-6,11-13H,2,7-10,14-15H2,1H3,(H,32,33)/b21-13+. The minimum atomic E-state index is -1.02. The average molecular weight is 561 g/mol. The first kappa shape index (κ1) is 27.5. The van der Waals surface area contributed by atoms with Crippen LogP contribution in [0, 0.1) is 0 Å². The molecule has 0 saturated carbocycles. The average Bonchev–Trinajstić information content (AvgIpc) is 3.16. The van der Waals surface area contributed by atoms with E-state index < -0.39 is 17.1 Å². The van der Waals surface area contributed by atoms with Gasteiger partial charge in [0.2, 0.25) is 5.91 Å². The summed E-state index contributed by atoms with van der Waals surface area (Å²) in [5.74, 6) is -1.25. The smallest absolute Gasteiger partial charge is 0.335 e. The van der Waals surface area contributed by atoms with Crippen molar-refractivity contribution in [1.82, 2.24) is 9.80 Å². The fourth-order valence-corrected chi connectivity index (χ4v) is 4.92. The van der Waals surface area contributed by atoms with E-state index in [0.29, 0.717) is 44.2 Å². The number of carbonyl (C=O) groups is 4. The van der Waals surface area contributed by atoms with Gasteiger partial charge in [-0.15, -0.1) is 0 Å². The van der Waals surface area contributed by atoms with Gasteiger partial charge in [-0.25, -0.2) is 4.79 Å². The number of ether oxygens (including phenoxy) is 3. The lowest BCUT2D eigenvalue weighted by molar-refractivity contribution is -0.139. The molecule has 2 aromatic carbocycles. The molecule has 0 atom stereocenters. The molecular weight excluding hydrogens is 536 g/mol. The number of rotatable bonds is 9. The summed E-state index contributed by atoms with van der Waals surface area (Å²) in [6, 6.07) is 9.48. The molecule has 2 aliphatic heterocycles. The van der Waals surface area contributed by atoms with Gasteiger partial charge in [-0.2, -0.15) is 0 Å². The van der Waals surface area contributed by atoms with Crippen LogP contribution in [-0.4, -0.2) is 77.4 Å². The van der Waals surface area contributed by atoms with Gasteiger partial charge in [0.1, 0.15) is 13.2 Å². The molecule has 2 heterocycles. The van der Waals surface area contributed by atoms with Crippen LogP contribution < -0.4 is 9.47 Å². The number of amides is 3. The Bertz CT molecular complexity index is 1270. The summed E-state index contributed by atoms with van der Waals surface area (Å²) in [6.45, 7) is 3.61. The van der Waals surface area contributed by atoms with Crippen molar-refractivity contribution >= 4 is 52.5 Å². The van der Waals surface area contributed by atoms with Crippen molar-refractivity contribution in [3.63, 3.8) is 0 Å². The number of carboxylic acids is 1. The normalized spacial score (nSPS) is 16.7. The summed E-state index contributed by atoms with van der Waals surface area (Å²) in [5.41, 5.74) is 1.42. The second kappa shape index (κ2) is 12.3. The molecule has 0 unspecified atom stereocenters. The molecule has 0 aliphatic carbocycles. The lowest BCUT2D eigenvalue weighted by atomic mass is 10.1. The first-order chi connectivity index (χ1) is 18.3. The van der Waals surface area contributed by atoms with Crippen molar-refractivity contribution in [2.24, 2.45) is 0 Å². The van der Waals surface area contributed by atoms with Crippen LogP contribution in [0.2, 0.25) is 5.02 Å². The third kappa shape index (κ3) is 6.47. The molecule has 2 fully saturated rings. The largest absolute Gasteiger partial charge is 0.490 e. The van der Waals surface area contributed by atoms with Crippen LogP contribution in [0.1, 0.15) is 28.4 Å². The predicted molar refractivity (Wildman–Crippen MR) is 140 cm³/mol. The molecule has 38 heavy (non-hydrogen) atoms. The Morgan fingerprint density at radius 1 is 1.13 bits per heavy atom. The molecule has 2 saturated heterocycles. The van der Waals surface area contributed by atoms with Gasteiger partial charge >= 0.3 is 5.97 Å². The minimum absolute atomic E-state index is 0.120. The summed E-state index contributed by atoms with van der Waals surface area (Å²) in [4.78, 5) is 51.7. The van der Waals surface area contributed by atoms with Crippen LogP contribution in [0.5, 0.6) is 11.5 Å². The van der Waals surface area contributed by atoms with Crippen LogP contribution in [0.3, 0.4) is 0 Å². The summed E-state index contributed by atoms with van der Waals surface area (Å²) in [6.07, 6.45) is 1.52. The molecule has 0 spiro atoms. The topological polar surface area (TPSA) is 123 Å². The second-order valence-electron chi connectivity index (χ2n) is 8.31. The quantitative estimate of drug-likeness (QED) is 0.455. The van der Waals surface area contributed by atoms with E-state index in [-0.39, 0.29) is 40.3 Å². The fourth-order valence-electron chi connectivity index (χ4n) is 3.81. The molecule has 2 aromatic rings. The zero-order chi connectivity index (χ0) is 27.2. The van der Waals surface area contributed by atoms with E-state index in [1.807, 2.05) is 0 Å². The number of imide groups is 1. The number of hydrogen-bond donors (Lipinski definition) is 1. The van der Waals surface area contributed by atoms with Crippen molar-refractivity contribution in [2.75, 3.05) is 39.5 Å². The molecule has 0 aromatic heterocycles. The van der Waals surface area contributed by atoms with Crippen LogP contribution in [0.4, 0.5) is 4.79 Å². The first-order valence-electron chi connectivity index (χ1n) is 11.8. The number of thioether (sulfide) groups is 1. The molecule has 1 N–H and O–H groups in total. The third-order valence-electron chi connectivity index (χ3n) is 5.74. The van der Waals surface area contributed by atoms with E-state index in [9.17, 15) is 19.2 Å². The van der Waals surface area contributed by atoms with E-state index in [1.165, 1.54) is 18.2 Å². The number of carboxylic acid groups (broad SMARTS) is 1. The van der Waals surface area contributed by atoms with Crippen molar-refractivity contribution in [3.05, 3.63) is 63.0 Å². The van der Waals surface area contributed by atoms with Crippen LogP contribution >= 0.6 is 23.4 Å². The first-order valence-corrected chi connectivity index (χ1v) is 13.0. The molecule has 0 radical (unpaired) electrons. The van der Waals surface area contributed by atoms with Crippen molar-refractivity contribution < 1.29 is 38.5 Å². The highest BCUT2D eigenvalue weighted by Gasteiger charge is 2.37. The van der Waals surface area contributed by atoms with Gasteiger partial charge in [0.15, 0.2) is 11.5 Å². The van der Waals surface area contributed by atoms with Gasteiger partial charge in [0, 0.05) is 13.1 Å². The Hall–Kier alpha value is -3.54. The Morgan fingerprint density at radius 3 is 2.50 bits per heavy atom. The van der Waals surface area contributed by atoms with Gasteiger partial charge in [0.05, 0.1) is 35.3 Å². The van der Waals surface area contributed by atoms with Crippen LogP contribution in [0.15, 0.2) is 41.3 Å². The molecule has 3 amide bonds. The van der Waals surface area contributed by atoms with Gasteiger partial charge in [0.25, 0.3) is 11.1 Å². The highest BCUT2D eigenvalue weighted by molar-refractivity contribution is 8.18. The van der Waals surface area contributed by atoms with Gasteiger partial charge in [-0.3, -0.25) is 19.3 Å². The summed E-state index contributed by atoms with van der Waals surface area (Å²) in [5, 5.41) is 8.75. The SMILES string of the molecule is CCOc1cc(/C=C2/SC(=O)N(CC(=O)N3CCOCC3)C2=O)cc(Cl)c1OCc1ccc(C(=O)O)cc1. The number of carbonyl (C=O) groups excluding carboxylic acids is 3. The molecule has 2 aliphatic rings. The van der Waals surface area contributed by atoms with Crippen LogP contribution in [0.25, 0.3) is 6.08 Å². The number of benzene rings is 2. The molecule has 10 nitrogen and oxygen atoms in total. The van der Waals surface area contributed by atoms with E-state index in [4.69, 9.17) is 30.9 Å². The Balaban J connectivity index is 1.49. The monoisotopic (exact) mass is 560 g/mol. The Morgan fingerprint density at radius 2 is 1.84 bits per heavy atom. The molecule has 0 bridgehead atoms. The summed E-state index contributed by atoms with van der Waals surface area (Å²) < 4.78 is 16.8. The van der Waals surface area contributed by atoms with E-state index >= 15 is 0 Å². The molecule has 4 rings (SSSR count). The van der Waals surface area contributed by atoms with E-state index in [1.54, 1.807) is 36.1 Å². The lowest BCUT2D eigenvalue weighted by Gasteiger charge is -2.28. The summed E-state index contributed by atoms with van der Waals surface area (Å²) >= 11 is 7.25. The maximum Gasteiger partial charge on any atom is 0.335 e. The third-order valence-corrected chi connectivity index (χ3v) is 6.93. The van der Waals surface area contributed by atoms with Crippen molar-refractivity contribution in [2.45, 2.75) is 13.5 Å². The molecule has 12 heteroatoms. The zero-order valence-corrected chi connectivity index (χ0v) is 22.0. The Kier molecular flexibility index (Phi) is 8.93. The fraction of sp³-hybridized carbons (Fsp3) is 0.308. The Labute approximate surface area is 228 Å². The number of nitrogens with zero attached hydrogens (tertiary/aromatic N) is 2. The number of hydrogen-bond acceptors (Lipinski definition) is 8. The van der Waals surface area contributed by atoms with Crippen molar-refractivity contribution in [3.8, 4) is 11.5 Å². The number of halogens is 1. The number of morpholine rings is 1. The lowest BCUT2D eigenvalue weighted by Crippen LogP contribution is -2.46. The maximum atomic E-state index is 12.9. The molecular formula is C26H25ClN2O8S. The molecule has 200 valence electrons. The number of aromatic carboxylic acids is 1. The van der Waals surface area contributed by atoms with Gasteiger partial charge in [-0.05, 0) is 60.2 Å². The van der Waals surface area contributed by atoms with Gasteiger partial charge < -0.3 is 24.2 Å². The minimum Gasteiger partial charge on any atom is -0.490 e. The zero-order valence-electron chi connectivity index (χ0n) is 20.5.